The van der Waals surface area contributed by atoms with Crippen molar-refractivity contribution in [1.29, 1.82) is 0 Å². The number of rotatable bonds is 2. The van der Waals surface area contributed by atoms with Crippen LogP contribution in [-0.2, 0) is 5.33 Å². The van der Waals surface area contributed by atoms with E-state index in [9.17, 15) is 0 Å². The predicted octanol–water partition coefficient (Wildman–Crippen LogP) is 6.21. The molecule has 0 nitrogen and oxygen atoms in total. The molecule has 0 atom stereocenters. The molecule has 2 rings (SSSR count). The van der Waals surface area contributed by atoms with Crippen LogP contribution in [0, 0.1) is 0 Å². The van der Waals surface area contributed by atoms with Gasteiger partial charge in [-0.05, 0) is 29.8 Å². The summed E-state index contributed by atoms with van der Waals surface area (Å²) in [6, 6.07) is 11.1. The molecule has 0 spiro atoms. The van der Waals surface area contributed by atoms with Crippen molar-refractivity contribution in [2.75, 3.05) is 0 Å². The summed E-state index contributed by atoms with van der Waals surface area (Å²) in [6.45, 7) is 0. The fourth-order valence-corrected chi connectivity index (χ4v) is 2.82. The second-order valence-corrected chi connectivity index (χ2v) is 5.34. The Bertz CT molecular complexity index is 552. The first-order chi connectivity index (χ1) is 8.13. The lowest BCUT2D eigenvalue weighted by molar-refractivity contribution is 1.43. The Morgan fingerprint density at radius 1 is 0.941 bits per heavy atom. The van der Waals surface area contributed by atoms with Crippen molar-refractivity contribution < 1.29 is 0 Å². The van der Waals surface area contributed by atoms with E-state index in [1.165, 1.54) is 0 Å². The normalized spacial score (nSPS) is 10.6. The third kappa shape index (κ3) is 2.79. The molecule has 0 bridgehead atoms. The summed E-state index contributed by atoms with van der Waals surface area (Å²) < 4.78 is 0. The zero-order chi connectivity index (χ0) is 12.4. The van der Waals surface area contributed by atoms with Gasteiger partial charge in [0.2, 0.25) is 0 Å². The molecular weight excluding hydrogens is 342 g/mol. The minimum Gasteiger partial charge on any atom is -0.0876 e. The predicted molar refractivity (Wildman–Crippen MR) is 79.5 cm³/mol. The lowest BCUT2D eigenvalue weighted by Crippen LogP contribution is -1.88. The van der Waals surface area contributed by atoms with Crippen LogP contribution in [0.2, 0.25) is 15.1 Å². The Labute approximate surface area is 124 Å². The molecule has 4 heteroatoms. The average Bonchev–Trinajstić information content (AvgIpc) is 2.32. The van der Waals surface area contributed by atoms with Gasteiger partial charge in [0.15, 0.2) is 0 Å². The molecular formula is C13H8BrCl3. The van der Waals surface area contributed by atoms with E-state index in [1.54, 1.807) is 12.1 Å². The number of hydrogen-bond donors (Lipinski definition) is 0. The van der Waals surface area contributed by atoms with Crippen LogP contribution in [0.3, 0.4) is 0 Å². The smallest absolute Gasteiger partial charge is 0.0488 e. The van der Waals surface area contributed by atoms with E-state index in [-0.39, 0.29) is 0 Å². The first kappa shape index (κ1) is 13.2. The maximum Gasteiger partial charge on any atom is 0.0488 e. The van der Waals surface area contributed by atoms with Crippen molar-refractivity contribution in [2.45, 2.75) is 5.33 Å². The van der Waals surface area contributed by atoms with Gasteiger partial charge in [0.1, 0.15) is 0 Å². The molecule has 17 heavy (non-hydrogen) atoms. The van der Waals surface area contributed by atoms with Crippen LogP contribution in [0.1, 0.15) is 5.56 Å². The first-order valence-electron chi connectivity index (χ1n) is 4.92. The summed E-state index contributed by atoms with van der Waals surface area (Å²) in [7, 11) is 0. The van der Waals surface area contributed by atoms with Crippen LogP contribution < -0.4 is 0 Å². The van der Waals surface area contributed by atoms with E-state index in [4.69, 9.17) is 34.8 Å². The van der Waals surface area contributed by atoms with Crippen molar-refractivity contribution in [1.82, 2.24) is 0 Å². The van der Waals surface area contributed by atoms with Gasteiger partial charge in [0, 0.05) is 31.5 Å². The van der Waals surface area contributed by atoms with E-state index >= 15 is 0 Å². The van der Waals surface area contributed by atoms with E-state index in [0.29, 0.717) is 20.4 Å². The number of halogens is 4. The van der Waals surface area contributed by atoms with Crippen molar-refractivity contribution in [3.63, 3.8) is 0 Å². The molecule has 0 saturated carbocycles. The minimum absolute atomic E-state index is 0.643. The van der Waals surface area contributed by atoms with E-state index in [2.05, 4.69) is 15.9 Å². The Morgan fingerprint density at radius 2 is 1.71 bits per heavy atom. The van der Waals surface area contributed by atoms with Crippen LogP contribution in [0.25, 0.3) is 11.1 Å². The molecule has 0 aliphatic rings. The van der Waals surface area contributed by atoms with E-state index in [1.807, 2.05) is 24.3 Å². The monoisotopic (exact) mass is 348 g/mol. The quantitative estimate of drug-likeness (QED) is 0.565. The summed E-state index contributed by atoms with van der Waals surface area (Å²) >= 11 is 21.9. The van der Waals surface area contributed by atoms with E-state index in [0.717, 1.165) is 16.7 Å². The molecule has 0 heterocycles. The maximum absolute atomic E-state index is 6.24. The van der Waals surface area contributed by atoms with Crippen molar-refractivity contribution in [3.05, 3.63) is 57.0 Å². The molecule has 0 saturated heterocycles. The Kier molecular flexibility index (Phi) is 4.37. The van der Waals surface area contributed by atoms with Gasteiger partial charge in [-0.15, -0.1) is 0 Å². The number of alkyl halides is 1. The number of benzene rings is 2. The van der Waals surface area contributed by atoms with Crippen LogP contribution in [-0.4, -0.2) is 0 Å². The third-order valence-electron chi connectivity index (χ3n) is 2.44. The minimum atomic E-state index is 0.643. The van der Waals surface area contributed by atoms with Crippen LogP contribution in [0.15, 0.2) is 36.4 Å². The van der Waals surface area contributed by atoms with Gasteiger partial charge in [0.25, 0.3) is 0 Å². The number of hydrogen-bond acceptors (Lipinski definition) is 0. The topological polar surface area (TPSA) is 0 Å². The molecule has 0 amide bonds. The highest BCUT2D eigenvalue weighted by atomic mass is 79.9. The summed E-state index contributed by atoms with van der Waals surface area (Å²) in [5, 5.41) is 2.67. The molecule has 0 unspecified atom stereocenters. The zero-order valence-corrected chi connectivity index (χ0v) is 12.5. The molecule has 0 radical (unpaired) electrons. The zero-order valence-electron chi connectivity index (χ0n) is 8.68. The van der Waals surface area contributed by atoms with Gasteiger partial charge >= 0.3 is 0 Å². The van der Waals surface area contributed by atoms with Crippen molar-refractivity contribution in [2.24, 2.45) is 0 Å². The maximum atomic E-state index is 6.24. The Morgan fingerprint density at radius 3 is 2.41 bits per heavy atom. The highest BCUT2D eigenvalue weighted by Crippen LogP contribution is 2.38. The second-order valence-electron chi connectivity index (χ2n) is 3.53. The first-order valence-corrected chi connectivity index (χ1v) is 7.18. The van der Waals surface area contributed by atoms with Crippen molar-refractivity contribution in [3.8, 4) is 11.1 Å². The SMILES string of the molecule is Clc1ccc(Cl)c(-c2c(Cl)cccc2CBr)c1. The standard InChI is InChI=1S/C13H8BrCl3/c14-7-8-2-1-3-12(17)13(8)10-6-9(15)4-5-11(10)16/h1-6H,7H2. The fraction of sp³-hybridized carbons (Fsp3) is 0.0769. The summed E-state index contributed by atoms with van der Waals surface area (Å²) in [4.78, 5) is 0. The average molecular weight is 350 g/mol. The summed E-state index contributed by atoms with van der Waals surface area (Å²) in [5.74, 6) is 0. The van der Waals surface area contributed by atoms with Gasteiger partial charge < -0.3 is 0 Å². The summed E-state index contributed by atoms with van der Waals surface area (Å²) in [5.41, 5.74) is 2.87. The fourth-order valence-electron chi connectivity index (χ4n) is 1.67. The lowest BCUT2D eigenvalue weighted by atomic mass is 10.0. The Balaban J connectivity index is 2.71. The van der Waals surface area contributed by atoms with E-state index < -0.39 is 0 Å². The van der Waals surface area contributed by atoms with Crippen LogP contribution in [0.5, 0.6) is 0 Å². The van der Waals surface area contributed by atoms with Gasteiger partial charge in [-0.2, -0.15) is 0 Å². The molecule has 0 aromatic heterocycles. The van der Waals surface area contributed by atoms with Gasteiger partial charge in [-0.1, -0.05) is 62.9 Å². The molecule has 0 fully saturated rings. The second kappa shape index (κ2) is 5.62. The summed E-state index contributed by atoms with van der Waals surface area (Å²) in [6.07, 6.45) is 0. The van der Waals surface area contributed by atoms with Gasteiger partial charge in [-0.25, -0.2) is 0 Å². The lowest BCUT2D eigenvalue weighted by Gasteiger charge is -2.11. The third-order valence-corrected chi connectivity index (χ3v) is 3.93. The van der Waals surface area contributed by atoms with Crippen LogP contribution in [0.4, 0.5) is 0 Å². The molecule has 88 valence electrons. The largest absolute Gasteiger partial charge is 0.0876 e. The van der Waals surface area contributed by atoms with Crippen molar-refractivity contribution >= 4 is 50.7 Å². The molecule has 2 aromatic rings. The molecule has 2 aromatic carbocycles. The highest BCUT2D eigenvalue weighted by Gasteiger charge is 2.12. The van der Waals surface area contributed by atoms with Crippen LogP contribution >= 0.6 is 50.7 Å². The molecule has 0 aliphatic heterocycles. The van der Waals surface area contributed by atoms with Gasteiger partial charge in [-0.3, -0.25) is 0 Å². The molecule has 0 N–H and O–H groups in total. The highest BCUT2D eigenvalue weighted by molar-refractivity contribution is 9.08. The molecule has 0 aliphatic carbocycles. The Hall–Kier alpha value is -0.210. The van der Waals surface area contributed by atoms with Gasteiger partial charge in [0.05, 0.1) is 0 Å².